The molecule has 116 valence electrons. The van der Waals surface area contributed by atoms with Gasteiger partial charge >= 0.3 is 0 Å². The number of anilines is 1. The van der Waals surface area contributed by atoms with Gasteiger partial charge in [-0.25, -0.2) is 0 Å². The molecule has 4 nitrogen and oxygen atoms in total. The standard InChI is InChI=1S/C19H17NO3/c21-17-10-11(18(22)14-7-2-1-6-13(14)17)9-15-12-5-3-4-8-16(12)20-19(15)23/h1-9,11,17-18,21-22H,10H2,(H,20,23). The van der Waals surface area contributed by atoms with E-state index in [1.807, 2.05) is 48.5 Å². The summed E-state index contributed by atoms with van der Waals surface area (Å²) in [5.41, 5.74) is 3.70. The Hall–Kier alpha value is -2.43. The van der Waals surface area contributed by atoms with Crippen molar-refractivity contribution in [2.45, 2.75) is 18.6 Å². The van der Waals surface area contributed by atoms with Gasteiger partial charge in [0.1, 0.15) is 0 Å². The van der Waals surface area contributed by atoms with Crippen LogP contribution < -0.4 is 5.32 Å². The third-order valence-corrected chi connectivity index (χ3v) is 4.67. The fourth-order valence-corrected chi connectivity index (χ4v) is 3.51. The molecule has 2 aromatic carbocycles. The van der Waals surface area contributed by atoms with E-state index in [0.717, 1.165) is 22.4 Å². The summed E-state index contributed by atoms with van der Waals surface area (Å²) in [7, 11) is 0. The van der Waals surface area contributed by atoms with E-state index < -0.39 is 12.2 Å². The smallest absolute Gasteiger partial charge is 0.256 e. The zero-order valence-corrected chi connectivity index (χ0v) is 12.4. The molecule has 1 amide bonds. The number of amides is 1. The molecule has 0 saturated carbocycles. The molecule has 4 heteroatoms. The predicted octanol–water partition coefficient (Wildman–Crippen LogP) is 2.81. The van der Waals surface area contributed by atoms with Crippen LogP contribution in [0.4, 0.5) is 5.69 Å². The lowest BCUT2D eigenvalue weighted by Gasteiger charge is -2.31. The van der Waals surface area contributed by atoms with Crippen LogP contribution in [0.3, 0.4) is 0 Å². The van der Waals surface area contributed by atoms with E-state index in [-0.39, 0.29) is 11.8 Å². The highest BCUT2D eigenvalue weighted by Crippen LogP contribution is 2.42. The van der Waals surface area contributed by atoms with E-state index in [4.69, 9.17) is 0 Å². The van der Waals surface area contributed by atoms with Gasteiger partial charge in [0.15, 0.2) is 0 Å². The first-order valence-corrected chi connectivity index (χ1v) is 7.72. The Kier molecular flexibility index (Phi) is 3.29. The first-order valence-electron chi connectivity index (χ1n) is 7.72. The highest BCUT2D eigenvalue weighted by atomic mass is 16.3. The summed E-state index contributed by atoms with van der Waals surface area (Å²) in [5.74, 6) is -0.460. The fraction of sp³-hybridized carbons (Fsp3) is 0.211. The lowest BCUT2D eigenvalue weighted by Crippen LogP contribution is -2.23. The molecule has 1 aliphatic carbocycles. The molecule has 23 heavy (non-hydrogen) atoms. The van der Waals surface area contributed by atoms with E-state index >= 15 is 0 Å². The van der Waals surface area contributed by atoms with E-state index in [0.29, 0.717) is 12.0 Å². The Balaban J connectivity index is 1.74. The van der Waals surface area contributed by atoms with E-state index in [1.165, 1.54) is 0 Å². The van der Waals surface area contributed by atoms with Gasteiger partial charge in [0.05, 0.1) is 12.2 Å². The van der Waals surface area contributed by atoms with E-state index in [2.05, 4.69) is 5.32 Å². The molecule has 0 bridgehead atoms. The maximum Gasteiger partial charge on any atom is 0.256 e. The van der Waals surface area contributed by atoms with Crippen molar-refractivity contribution in [1.82, 2.24) is 0 Å². The van der Waals surface area contributed by atoms with Crippen molar-refractivity contribution in [3.8, 4) is 0 Å². The molecule has 0 radical (unpaired) electrons. The number of hydrogen-bond acceptors (Lipinski definition) is 3. The first-order chi connectivity index (χ1) is 11.1. The van der Waals surface area contributed by atoms with Crippen molar-refractivity contribution >= 4 is 17.2 Å². The zero-order valence-electron chi connectivity index (χ0n) is 12.4. The van der Waals surface area contributed by atoms with E-state index in [9.17, 15) is 15.0 Å². The summed E-state index contributed by atoms with van der Waals surface area (Å²) in [4.78, 5) is 12.2. The maximum atomic E-state index is 12.2. The summed E-state index contributed by atoms with van der Waals surface area (Å²) in [6.45, 7) is 0. The Labute approximate surface area is 134 Å². The first kappa shape index (κ1) is 14.2. The number of aliphatic hydroxyl groups excluding tert-OH is 2. The number of para-hydroxylation sites is 1. The summed E-state index contributed by atoms with van der Waals surface area (Å²) < 4.78 is 0. The third-order valence-electron chi connectivity index (χ3n) is 4.67. The average Bonchev–Trinajstić information content (AvgIpc) is 2.88. The van der Waals surface area contributed by atoms with E-state index in [1.54, 1.807) is 6.08 Å². The normalized spacial score (nSPS) is 27.5. The van der Waals surface area contributed by atoms with Crippen molar-refractivity contribution in [3.05, 3.63) is 71.3 Å². The molecule has 1 heterocycles. The van der Waals surface area contributed by atoms with Crippen LogP contribution in [-0.2, 0) is 4.79 Å². The highest BCUT2D eigenvalue weighted by Gasteiger charge is 2.33. The Morgan fingerprint density at radius 3 is 2.52 bits per heavy atom. The molecule has 3 unspecified atom stereocenters. The second kappa shape index (κ2) is 5.33. The van der Waals surface area contributed by atoms with Gasteiger partial charge in [-0.15, -0.1) is 0 Å². The topological polar surface area (TPSA) is 69.6 Å². The van der Waals surface area contributed by atoms with Gasteiger partial charge in [-0.2, -0.15) is 0 Å². The van der Waals surface area contributed by atoms with Gasteiger partial charge in [0.2, 0.25) is 0 Å². The minimum absolute atomic E-state index is 0.160. The van der Waals surface area contributed by atoms with Crippen molar-refractivity contribution < 1.29 is 15.0 Å². The van der Waals surface area contributed by atoms with Gasteiger partial charge in [0.25, 0.3) is 5.91 Å². The molecular weight excluding hydrogens is 290 g/mol. The van der Waals surface area contributed by atoms with Crippen LogP contribution in [0.1, 0.15) is 35.3 Å². The number of nitrogens with one attached hydrogen (secondary N) is 1. The van der Waals surface area contributed by atoms with Crippen molar-refractivity contribution in [3.63, 3.8) is 0 Å². The largest absolute Gasteiger partial charge is 0.388 e. The number of benzene rings is 2. The quantitative estimate of drug-likeness (QED) is 0.710. The van der Waals surface area contributed by atoms with Gasteiger partial charge in [0, 0.05) is 22.7 Å². The van der Waals surface area contributed by atoms with Crippen LogP contribution in [0.5, 0.6) is 0 Å². The van der Waals surface area contributed by atoms with Crippen molar-refractivity contribution in [2.75, 3.05) is 5.32 Å². The minimum Gasteiger partial charge on any atom is -0.388 e. The van der Waals surface area contributed by atoms with Crippen LogP contribution in [0.15, 0.2) is 54.6 Å². The number of hydrogen-bond donors (Lipinski definition) is 3. The van der Waals surface area contributed by atoms with Gasteiger partial charge in [-0.1, -0.05) is 48.5 Å². The highest BCUT2D eigenvalue weighted by molar-refractivity contribution is 6.31. The number of aliphatic hydroxyl groups is 2. The van der Waals surface area contributed by atoms with Crippen LogP contribution in [0.2, 0.25) is 0 Å². The predicted molar refractivity (Wildman–Crippen MR) is 87.5 cm³/mol. The van der Waals surface area contributed by atoms with Crippen molar-refractivity contribution in [2.24, 2.45) is 5.92 Å². The Morgan fingerprint density at radius 2 is 1.70 bits per heavy atom. The lowest BCUT2D eigenvalue weighted by molar-refractivity contribution is -0.110. The van der Waals surface area contributed by atoms with Crippen LogP contribution in [-0.4, -0.2) is 16.1 Å². The van der Waals surface area contributed by atoms with Crippen LogP contribution >= 0.6 is 0 Å². The molecule has 3 N–H and O–H groups in total. The molecule has 2 aliphatic rings. The summed E-state index contributed by atoms with van der Waals surface area (Å²) in [6, 6.07) is 14.9. The van der Waals surface area contributed by atoms with Crippen molar-refractivity contribution in [1.29, 1.82) is 0 Å². The van der Waals surface area contributed by atoms with Crippen LogP contribution in [0, 0.1) is 5.92 Å². The third kappa shape index (κ3) is 2.27. The molecule has 0 fully saturated rings. The molecule has 0 saturated heterocycles. The molecule has 4 rings (SSSR count). The second-order valence-corrected chi connectivity index (χ2v) is 6.07. The number of carbonyl (C=O) groups excluding carboxylic acids is 1. The summed E-state index contributed by atoms with van der Waals surface area (Å²) >= 11 is 0. The fourth-order valence-electron chi connectivity index (χ4n) is 3.51. The monoisotopic (exact) mass is 307 g/mol. The Bertz CT molecular complexity index is 812. The number of rotatable bonds is 1. The second-order valence-electron chi connectivity index (χ2n) is 6.07. The molecule has 0 spiro atoms. The van der Waals surface area contributed by atoms with Crippen LogP contribution in [0.25, 0.3) is 5.57 Å². The number of fused-ring (bicyclic) bond motifs is 2. The minimum atomic E-state index is -0.720. The maximum absolute atomic E-state index is 12.2. The molecule has 3 atom stereocenters. The zero-order chi connectivity index (χ0) is 16.0. The molecule has 0 aromatic heterocycles. The SMILES string of the molecule is O=C1Nc2ccccc2C1=CC1CC(O)c2ccccc2C1O. The van der Waals surface area contributed by atoms with Gasteiger partial charge in [-0.05, 0) is 23.6 Å². The Morgan fingerprint density at radius 1 is 1.00 bits per heavy atom. The average molecular weight is 307 g/mol. The summed E-state index contributed by atoms with van der Waals surface area (Å²) in [6.07, 6.45) is 0.848. The lowest BCUT2D eigenvalue weighted by atomic mass is 9.78. The summed E-state index contributed by atoms with van der Waals surface area (Å²) in [5, 5.41) is 23.8. The van der Waals surface area contributed by atoms with Gasteiger partial charge in [-0.3, -0.25) is 4.79 Å². The molecule has 2 aromatic rings. The number of carbonyl (C=O) groups is 1. The molecule has 1 aliphatic heterocycles. The molecular formula is C19H17NO3. The van der Waals surface area contributed by atoms with Gasteiger partial charge < -0.3 is 15.5 Å².